The summed E-state index contributed by atoms with van der Waals surface area (Å²) in [5.74, 6) is -3.14. The van der Waals surface area contributed by atoms with Gasteiger partial charge in [-0.15, -0.1) is 0 Å². The van der Waals surface area contributed by atoms with Crippen molar-refractivity contribution in [2.75, 3.05) is 13.2 Å². The molecular formula is C27H34O9. The highest BCUT2D eigenvalue weighted by molar-refractivity contribution is 5.93. The van der Waals surface area contributed by atoms with Crippen molar-refractivity contribution >= 4 is 23.9 Å². The van der Waals surface area contributed by atoms with Crippen molar-refractivity contribution < 1.29 is 43.2 Å². The summed E-state index contributed by atoms with van der Waals surface area (Å²) in [5, 5.41) is 9.22. The lowest BCUT2D eigenvalue weighted by atomic mass is 9.85. The second-order valence-corrected chi connectivity index (χ2v) is 8.73. The first-order valence-electron chi connectivity index (χ1n) is 11.7. The third-order valence-electron chi connectivity index (χ3n) is 6.12. The first-order chi connectivity index (χ1) is 17.0. The minimum Gasteiger partial charge on any atom is -0.458 e. The van der Waals surface area contributed by atoms with Gasteiger partial charge in [-0.05, 0) is 39.3 Å². The largest absolute Gasteiger partial charge is 0.458 e. The molecule has 0 amide bonds. The quantitative estimate of drug-likeness (QED) is 0.242. The van der Waals surface area contributed by atoms with Crippen LogP contribution in [0.5, 0.6) is 0 Å². The number of allylic oxidation sites excluding steroid dienone is 2. The van der Waals surface area contributed by atoms with E-state index in [1.165, 1.54) is 19.1 Å². The van der Waals surface area contributed by atoms with Gasteiger partial charge in [-0.2, -0.15) is 0 Å². The molecule has 0 aromatic carbocycles. The van der Waals surface area contributed by atoms with Gasteiger partial charge in [0.2, 0.25) is 0 Å². The maximum absolute atomic E-state index is 13.0. The van der Waals surface area contributed by atoms with E-state index in [1.807, 2.05) is 13.0 Å². The van der Waals surface area contributed by atoms with E-state index in [4.69, 9.17) is 18.9 Å². The van der Waals surface area contributed by atoms with E-state index in [9.17, 15) is 24.3 Å². The molecule has 1 aliphatic heterocycles. The maximum Gasteiger partial charge on any atom is 0.337 e. The normalized spacial score (nSPS) is 28.1. The molecule has 0 saturated carbocycles. The maximum atomic E-state index is 13.0. The van der Waals surface area contributed by atoms with Crippen molar-refractivity contribution in [2.45, 2.75) is 65.8 Å². The number of hydrogen-bond acceptors (Lipinski definition) is 9. The number of ether oxygens (including phenoxy) is 4. The lowest BCUT2D eigenvalue weighted by Gasteiger charge is -2.28. The fraction of sp³-hybridized carbons (Fsp3) is 0.481. The number of fused-ring (bicyclic) bond motifs is 1. The summed E-state index contributed by atoms with van der Waals surface area (Å²) >= 11 is 0. The molecule has 0 aromatic heterocycles. The minimum atomic E-state index is -0.791. The molecule has 36 heavy (non-hydrogen) atoms. The van der Waals surface area contributed by atoms with E-state index in [0.29, 0.717) is 12.0 Å². The smallest absolute Gasteiger partial charge is 0.337 e. The molecule has 4 atom stereocenters. The number of carbonyl (C=O) groups is 4. The SMILES string of the molecule is C=C1C(=O)O[C@@H]2/C=C(\C)[C@H](OC(C)=O)C/C=C(/C)C[C@H](OC(=O)/C(=C/C)COC(=O)/C(=C/C)CO)[C@H]12. The molecule has 1 N–H and O–H groups in total. The van der Waals surface area contributed by atoms with Crippen molar-refractivity contribution in [1.29, 1.82) is 0 Å². The second kappa shape index (κ2) is 13.0. The monoisotopic (exact) mass is 502 g/mol. The average molecular weight is 503 g/mol. The third kappa shape index (κ3) is 7.27. The molecule has 0 radical (unpaired) electrons. The number of esters is 4. The van der Waals surface area contributed by atoms with E-state index in [2.05, 4.69) is 6.58 Å². The van der Waals surface area contributed by atoms with Crippen LogP contribution < -0.4 is 0 Å². The van der Waals surface area contributed by atoms with Gasteiger partial charge in [-0.3, -0.25) is 4.79 Å². The summed E-state index contributed by atoms with van der Waals surface area (Å²) in [5.41, 5.74) is 1.91. The van der Waals surface area contributed by atoms with Crippen molar-refractivity contribution in [3.05, 3.63) is 58.7 Å². The molecule has 1 saturated heterocycles. The summed E-state index contributed by atoms with van der Waals surface area (Å²) in [7, 11) is 0. The van der Waals surface area contributed by atoms with Crippen molar-refractivity contribution in [3.63, 3.8) is 0 Å². The van der Waals surface area contributed by atoms with Gasteiger partial charge < -0.3 is 24.1 Å². The molecule has 9 heteroatoms. The Kier molecular flexibility index (Phi) is 10.4. The summed E-state index contributed by atoms with van der Waals surface area (Å²) in [6.45, 7) is 11.2. The lowest BCUT2D eigenvalue weighted by Crippen LogP contribution is -2.35. The molecule has 0 bridgehead atoms. The van der Waals surface area contributed by atoms with E-state index in [0.717, 1.165) is 5.57 Å². The second-order valence-electron chi connectivity index (χ2n) is 8.73. The van der Waals surface area contributed by atoms with Crippen LogP contribution in [0, 0.1) is 5.92 Å². The van der Waals surface area contributed by atoms with Crippen LogP contribution in [-0.4, -0.2) is 60.5 Å². The molecule has 1 heterocycles. The number of hydrogen-bond donors (Lipinski definition) is 1. The third-order valence-corrected chi connectivity index (χ3v) is 6.12. The highest BCUT2D eigenvalue weighted by atomic mass is 16.6. The van der Waals surface area contributed by atoms with Gasteiger partial charge in [-0.25, -0.2) is 14.4 Å². The molecule has 0 unspecified atom stereocenters. The lowest BCUT2D eigenvalue weighted by molar-refractivity contribution is -0.149. The molecule has 0 aromatic rings. The Morgan fingerprint density at radius 3 is 2.39 bits per heavy atom. The van der Waals surface area contributed by atoms with Gasteiger partial charge in [-0.1, -0.05) is 30.4 Å². The fourth-order valence-corrected chi connectivity index (χ4v) is 4.01. The van der Waals surface area contributed by atoms with Crippen LogP contribution in [-0.2, 0) is 38.1 Å². The van der Waals surface area contributed by atoms with Crippen LogP contribution in [0.4, 0.5) is 0 Å². The van der Waals surface area contributed by atoms with Crippen LogP contribution in [0.15, 0.2) is 58.7 Å². The van der Waals surface area contributed by atoms with Crippen LogP contribution in [0.2, 0.25) is 0 Å². The highest BCUT2D eigenvalue weighted by Crippen LogP contribution is 2.36. The van der Waals surface area contributed by atoms with Crippen molar-refractivity contribution in [3.8, 4) is 0 Å². The average Bonchev–Trinajstić information content (AvgIpc) is 3.09. The van der Waals surface area contributed by atoms with Crippen molar-refractivity contribution in [2.24, 2.45) is 5.92 Å². The van der Waals surface area contributed by atoms with Gasteiger partial charge >= 0.3 is 23.9 Å². The molecular weight excluding hydrogens is 468 g/mol. The Labute approximate surface area is 211 Å². The Hall–Kier alpha value is -3.46. The molecule has 2 aliphatic rings. The summed E-state index contributed by atoms with van der Waals surface area (Å²) in [4.78, 5) is 49.1. The van der Waals surface area contributed by atoms with E-state index in [-0.39, 0.29) is 29.7 Å². The molecule has 0 spiro atoms. The Morgan fingerprint density at radius 2 is 1.81 bits per heavy atom. The number of aliphatic hydroxyl groups excluding tert-OH is 1. The summed E-state index contributed by atoms with van der Waals surface area (Å²) in [6.07, 6.45) is 5.13. The zero-order valence-electron chi connectivity index (χ0n) is 21.4. The van der Waals surface area contributed by atoms with Gasteiger partial charge in [0.25, 0.3) is 0 Å². The molecule has 1 fully saturated rings. The molecule has 9 nitrogen and oxygen atoms in total. The fourth-order valence-electron chi connectivity index (χ4n) is 4.01. The zero-order chi connectivity index (χ0) is 27.0. The van der Waals surface area contributed by atoms with Gasteiger partial charge in [0.05, 0.1) is 23.7 Å². The van der Waals surface area contributed by atoms with E-state index >= 15 is 0 Å². The molecule has 196 valence electrons. The van der Waals surface area contributed by atoms with Gasteiger partial charge in [0.15, 0.2) is 0 Å². The van der Waals surface area contributed by atoms with E-state index < -0.39 is 54.7 Å². The van der Waals surface area contributed by atoms with Crippen LogP contribution >= 0.6 is 0 Å². The standard InChI is InChI=1S/C27H34O9/c1-7-19(13-28)26(31)33-14-20(8-2)27(32)36-22-11-15(3)9-10-21(34-18(6)29)16(4)12-23-24(22)17(5)25(30)35-23/h7-9,12,21-24,28H,5,10-11,13-14H2,1-4,6H3/b15-9-,16-12+,19-7+,20-8+/t21-,22+,23-,24+/m1/s1. The minimum absolute atomic E-state index is 0.0712. The first-order valence-corrected chi connectivity index (χ1v) is 11.7. The Bertz CT molecular complexity index is 1030. The summed E-state index contributed by atoms with van der Waals surface area (Å²) in [6, 6.07) is 0. The van der Waals surface area contributed by atoms with Crippen molar-refractivity contribution in [1.82, 2.24) is 0 Å². The zero-order valence-corrected chi connectivity index (χ0v) is 21.4. The number of rotatable bonds is 7. The number of aliphatic hydroxyl groups is 1. The van der Waals surface area contributed by atoms with Gasteiger partial charge in [0.1, 0.15) is 24.9 Å². The Balaban J connectivity index is 2.30. The Morgan fingerprint density at radius 1 is 1.14 bits per heavy atom. The van der Waals surface area contributed by atoms with E-state index in [1.54, 1.807) is 26.8 Å². The van der Waals surface area contributed by atoms with Crippen LogP contribution in [0.3, 0.4) is 0 Å². The predicted molar refractivity (Wildman–Crippen MR) is 130 cm³/mol. The molecule has 2 rings (SSSR count). The predicted octanol–water partition coefficient (Wildman–Crippen LogP) is 3.04. The number of carbonyl (C=O) groups excluding carboxylic acids is 4. The summed E-state index contributed by atoms with van der Waals surface area (Å²) < 4.78 is 21.9. The highest BCUT2D eigenvalue weighted by Gasteiger charge is 2.45. The van der Waals surface area contributed by atoms with Crippen LogP contribution in [0.25, 0.3) is 0 Å². The van der Waals surface area contributed by atoms with Gasteiger partial charge in [0, 0.05) is 25.3 Å². The molecule has 1 aliphatic carbocycles. The first kappa shape index (κ1) is 28.8. The van der Waals surface area contributed by atoms with Crippen LogP contribution in [0.1, 0.15) is 47.5 Å². The topological polar surface area (TPSA) is 125 Å².